The van der Waals surface area contributed by atoms with Gasteiger partial charge < -0.3 is 10.1 Å². The largest absolute Gasteiger partial charge is 0.449 e. The van der Waals surface area contributed by atoms with Crippen LogP contribution in [-0.2, 0) is 19.6 Å². The molecule has 0 heterocycles. The molecule has 0 saturated heterocycles. The number of esters is 1. The van der Waals surface area contributed by atoms with Gasteiger partial charge >= 0.3 is 5.97 Å². The van der Waals surface area contributed by atoms with Crippen LogP contribution in [-0.4, -0.2) is 49.8 Å². The molecule has 154 valence electrons. The quantitative estimate of drug-likeness (QED) is 0.700. The highest BCUT2D eigenvalue weighted by Crippen LogP contribution is 2.27. The number of sulfonamides is 1. The standard InChI is InChI=1S/C20H28N2O5S/c1-14(19(23)21-16-11-12-16)27-20(24)15-7-6-10-18(13-15)28(25,26)22(2)17-8-4-3-5-9-17/h6-7,10,13-14,16-17H,3-5,8-9,11-12H2,1-2H3,(H,21,23). The third-order valence-corrected chi connectivity index (χ3v) is 7.32. The van der Waals surface area contributed by atoms with Crippen LogP contribution in [0.3, 0.4) is 0 Å². The summed E-state index contributed by atoms with van der Waals surface area (Å²) in [5.41, 5.74) is 0.115. The van der Waals surface area contributed by atoms with Crippen LogP contribution in [0.4, 0.5) is 0 Å². The number of nitrogens with one attached hydrogen (secondary N) is 1. The maximum atomic E-state index is 13.0. The molecule has 3 rings (SSSR count). The summed E-state index contributed by atoms with van der Waals surface area (Å²) in [4.78, 5) is 24.4. The SMILES string of the molecule is CC(OC(=O)c1cccc(S(=O)(=O)N(C)C2CCCCC2)c1)C(=O)NC1CC1. The molecule has 1 amide bonds. The lowest BCUT2D eigenvalue weighted by molar-refractivity contribution is -0.129. The van der Waals surface area contributed by atoms with Crippen LogP contribution in [0.25, 0.3) is 0 Å². The number of hydrogen-bond acceptors (Lipinski definition) is 5. The minimum atomic E-state index is -3.70. The summed E-state index contributed by atoms with van der Waals surface area (Å²) in [7, 11) is -2.10. The Morgan fingerprint density at radius 3 is 2.46 bits per heavy atom. The summed E-state index contributed by atoms with van der Waals surface area (Å²) < 4.78 is 32.6. The second-order valence-electron chi connectivity index (χ2n) is 7.67. The fourth-order valence-electron chi connectivity index (χ4n) is 3.42. The molecule has 1 atom stereocenters. The van der Waals surface area contributed by atoms with E-state index in [1.807, 2.05) is 0 Å². The smallest absolute Gasteiger partial charge is 0.338 e. The Balaban J connectivity index is 1.69. The first-order valence-corrected chi connectivity index (χ1v) is 11.3. The summed E-state index contributed by atoms with van der Waals surface area (Å²) >= 11 is 0. The van der Waals surface area contributed by atoms with Gasteiger partial charge in [-0.25, -0.2) is 13.2 Å². The van der Waals surface area contributed by atoms with Crippen molar-refractivity contribution in [2.45, 2.75) is 75.0 Å². The van der Waals surface area contributed by atoms with Gasteiger partial charge in [0.1, 0.15) is 0 Å². The molecule has 1 unspecified atom stereocenters. The highest BCUT2D eigenvalue weighted by molar-refractivity contribution is 7.89. The number of hydrogen-bond donors (Lipinski definition) is 1. The van der Waals surface area contributed by atoms with Crippen molar-refractivity contribution in [3.8, 4) is 0 Å². The molecule has 0 radical (unpaired) electrons. The Kier molecular flexibility index (Phi) is 6.40. The van der Waals surface area contributed by atoms with Crippen LogP contribution < -0.4 is 5.32 Å². The van der Waals surface area contributed by atoms with Crippen molar-refractivity contribution in [2.75, 3.05) is 7.05 Å². The van der Waals surface area contributed by atoms with Crippen LogP contribution in [0.15, 0.2) is 29.2 Å². The molecule has 1 aromatic rings. The Morgan fingerprint density at radius 1 is 1.14 bits per heavy atom. The Bertz CT molecular complexity index is 829. The van der Waals surface area contributed by atoms with Gasteiger partial charge in [0.05, 0.1) is 10.5 Å². The van der Waals surface area contributed by atoms with E-state index in [0.29, 0.717) is 0 Å². The number of benzene rings is 1. The first-order chi connectivity index (χ1) is 13.3. The number of carbonyl (C=O) groups excluding carboxylic acids is 2. The van der Waals surface area contributed by atoms with Gasteiger partial charge in [-0.2, -0.15) is 4.31 Å². The molecule has 2 aliphatic carbocycles. The van der Waals surface area contributed by atoms with E-state index in [9.17, 15) is 18.0 Å². The van der Waals surface area contributed by atoms with Crippen LogP contribution in [0.5, 0.6) is 0 Å². The van der Waals surface area contributed by atoms with Crippen molar-refractivity contribution in [1.82, 2.24) is 9.62 Å². The summed E-state index contributed by atoms with van der Waals surface area (Å²) in [5.74, 6) is -1.05. The zero-order valence-corrected chi connectivity index (χ0v) is 17.2. The molecule has 8 heteroatoms. The Morgan fingerprint density at radius 2 is 1.82 bits per heavy atom. The van der Waals surface area contributed by atoms with E-state index in [0.717, 1.165) is 44.9 Å². The van der Waals surface area contributed by atoms with Gasteiger partial charge in [-0.15, -0.1) is 0 Å². The molecular formula is C20H28N2O5S. The first kappa shape index (κ1) is 20.8. The Hall–Kier alpha value is -1.93. The fourth-order valence-corrected chi connectivity index (χ4v) is 4.88. The van der Waals surface area contributed by atoms with E-state index in [-0.39, 0.29) is 28.4 Å². The number of ether oxygens (including phenoxy) is 1. The minimum Gasteiger partial charge on any atom is -0.449 e. The van der Waals surface area contributed by atoms with Crippen molar-refractivity contribution in [3.05, 3.63) is 29.8 Å². The highest BCUT2D eigenvalue weighted by Gasteiger charge is 2.30. The summed E-state index contributed by atoms with van der Waals surface area (Å²) in [6, 6.07) is 5.98. The van der Waals surface area contributed by atoms with Crippen LogP contribution in [0.1, 0.15) is 62.2 Å². The van der Waals surface area contributed by atoms with E-state index in [2.05, 4.69) is 5.32 Å². The van der Waals surface area contributed by atoms with E-state index in [4.69, 9.17) is 4.74 Å². The molecule has 0 spiro atoms. The second-order valence-corrected chi connectivity index (χ2v) is 9.67. The zero-order chi connectivity index (χ0) is 20.3. The van der Waals surface area contributed by atoms with Crippen molar-refractivity contribution in [1.29, 1.82) is 0 Å². The first-order valence-electron chi connectivity index (χ1n) is 9.88. The van der Waals surface area contributed by atoms with Crippen molar-refractivity contribution >= 4 is 21.9 Å². The van der Waals surface area contributed by atoms with Crippen LogP contribution >= 0.6 is 0 Å². The number of rotatable bonds is 7. The lowest BCUT2D eigenvalue weighted by Crippen LogP contribution is -2.38. The van der Waals surface area contributed by atoms with Crippen molar-refractivity contribution < 1.29 is 22.7 Å². The average Bonchev–Trinajstić information content (AvgIpc) is 3.52. The molecule has 1 aromatic carbocycles. The van der Waals surface area contributed by atoms with Gasteiger partial charge in [0.2, 0.25) is 10.0 Å². The maximum Gasteiger partial charge on any atom is 0.338 e. The van der Waals surface area contributed by atoms with E-state index in [1.165, 1.54) is 35.5 Å². The predicted octanol–water partition coefficient (Wildman–Crippen LogP) is 2.46. The van der Waals surface area contributed by atoms with E-state index in [1.54, 1.807) is 7.05 Å². The normalized spacial score (nSPS) is 19.2. The average molecular weight is 409 g/mol. The molecular weight excluding hydrogens is 380 g/mol. The molecule has 2 fully saturated rings. The van der Waals surface area contributed by atoms with Crippen molar-refractivity contribution in [2.24, 2.45) is 0 Å². The molecule has 2 aliphatic rings. The molecule has 7 nitrogen and oxygen atoms in total. The van der Waals surface area contributed by atoms with E-state index >= 15 is 0 Å². The highest BCUT2D eigenvalue weighted by atomic mass is 32.2. The van der Waals surface area contributed by atoms with Gasteiger partial charge in [-0.3, -0.25) is 4.79 Å². The van der Waals surface area contributed by atoms with Crippen LogP contribution in [0, 0.1) is 0 Å². The lowest BCUT2D eigenvalue weighted by Gasteiger charge is -2.30. The number of carbonyl (C=O) groups is 2. The molecule has 0 aliphatic heterocycles. The van der Waals surface area contributed by atoms with Gasteiger partial charge in [-0.05, 0) is 50.8 Å². The van der Waals surface area contributed by atoms with Gasteiger partial charge in [0.25, 0.3) is 5.91 Å². The monoisotopic (exact) mass is 408 g/mol. The molecule has 1 N–H and O–H groups in total. The third-order valence-electron chi connectivity index (χ3n) is 5.41. The maximum absolute atomic E-state index is 13.0. The molecule has 28 heavy (non-hydrogen) atoms. The molecule has 0 aromatic heterocycles. The van der Waals surface area contributed by atoms with E-state index < -0.39 is 22.1 Å². The minimum absolute atomic E-state index is 0.0134. The third kappa shape index (κ3) is 4.91. The molecule has 2 saturated carbocycles. The van der Waals surface area contributed by atoms with Gasteiger partial charge in [-0.1, -0.05) is 25.3 Å². The summed E-state index contributed by atoms with van der Waals surface area (Å²) in [5, 5.41) is 2.78. The summed E-state index contributed by atoms with van der Waals surface area (Å²) in [6.45, 7) is 1.51. The second kappa shape index (κ2) is 8.61. The fraction of sp³-hybridized carbons (Fsp3) is 0.600. The van der Waals surface area contributed by atoms with Crippen LogP contribution in [0.2, 0.25) is 0 Å². The van der Waals surface area contributed by atoms with Gasteiger partial charge in [0, 0.05) is 19.1 Å². The topological polar surface area (TPSA) is 92.8 Å². The zero-order valence-electron chi connectivity index (χ0n) is 16.4. The lowest BCUT2D eigenvalue weighted by atomic mass is 9.96. The predicted molar refractivity (Wildman–Crippen MR) is 104 cm³/mol. The van der Waals surface area contributed by atoms with Crippen molar-refractivity contribution in [3.63, 3.8) is 0 Å². The number of nitrogens with zero attached hydrogens (tertiary/aromatic N) is 1. The Labute approximate surface area is 166 Å². The molecule has 0 bridgehead atoms. The number of amides is 1. The van der Waals surface area contributed by atoms with Gasteiger partial charge in [0.15, 0.2) is 6.10 Å². The summed E-state index contributed by atoms with van der Waals surface area (Å²) in [6.07, 6.45) is 5.85.